The maximum atomic E-state index is 13.0. The molecule has 3 aromatic rings. The number of methoxy groups -OCH3 is 1. The van der Waals surface area contributed by atoms with E-state index in [0.29, 0.717) is 17.4 Å². The minimum absolute atomic E-state index is 0.0274. The van der Waals surface area contributed by atoms with E-state index in [-0.39, 0.29) is 23.2 Å². The maximum absolute atomic E-state index is 13.0. The van der Waals surface area contributed by atoms with Crippen LogP contribution in [0, 0.1) is 5.92 Å². The van der Waals surface area contributed by atoms with Crippen molar-refractivity contribution in [3.8, 4) is 11.5 Å². The van der Waals surface area contributed by atoms with Crippen LogP contribution < -0.4 is 14.8 Å². The molecule has 4 nitrogen and oxygen atoms in total. The molecule has 7 heteroatoms. The number of piperidine rings is 3. The molecule has 2 unspecified atom stereocenters. The molecule has 0 radical (unpaired) electrons. The van der Waals surface area contributed by atoms with Gasteiger partial charge in [0.1, 0.15) is 11.5 Å². The second-order valence-corrected chi connectivity index (χ2v) is 9.84. The van der Waals surface area contributed by atoms with E-state index in [0.717, 1.165) is 25.9 Å². The van der Waals surface area contributed by atoms with Gasteiger partial charge in [0.2, 0.25) is 0 Å². The van der Waals surface area contributed by atoms with Crippen LogP contribution in [0.4, 0.5) is 18.9 Å². The van der Waals surface area contributed by atoms with Gasteiger partial charge < -0.3 is 14.8 Å². The van der Waals surface area contributed by atoms with Crippen LogP contribution in [-0.4, -0.2) is 43.0 Å². The molecule has 36 heavy (non-hydrogen) atoms. The zero-order valence-corrected chi connectivity index (χ0v) is 20.5. The lowest BCUT2D eigenvalue weighted by Gasteiger charge is -2.61. The second kappa shape index (κ2) is 9.69. The molecule has 3 saturated heterocycles. The van der Waals surface area contributed by atoms with Crippen LogP contribution in [0.1, 0.15) is 36.8 Å². The van der Waals surface area contributed by atoms with Crippen molar-refractivity contribution in [3.05, 3.63) is 90.0 Å². The van der Waals surface area contributed by atoms with Crippen molar-refractivity contribution in [2.75, 3.05) is 25.5 Å². The van der Waals surface area contributed by atoms with Gasteiger partial charge in [0.25, 0.3) is 0 Å². The third-order valence-corrected chi connectivity index (χ3v) is 7.89. The van der Waals surface area contributed by atoms with Crippen LogP contribution in [0.25, 0.3) is 0 Å². The lowest BCUT2D eigenvalue weighted by atomic mass is 9.62. The number of nitrogens with zero attached hydrogens (tertiary/aromatic N) is 1. The van der Waals surface area contributed by atoms with Crippen molar-refractivity contribution in [2.24, 2.45) is 5.92 Å². The molecule has 3 aliphatic heterocycles. The molecule has 3 aliphatic rings. The van der Waals surface area contributed by atoms with Crippen LogP contribution in [0.15, 0.2) is 78.9 Å². The Labute approximate surface area is 210 Å². The maximum Gasteiger partial charge on any atom is 0.573 e. The summed E-state index contributed by atoms with van der Waals surface area (Å²) in [5, 5.41) is 3.65. The summed E-state index contributed by atoms with van der Waals surface area (Å²) in [4.78, 5) is 2.55. The number of fused-ring (bicyclic) bond motifs is 3. The summed E-state index contributed by atoms with van der Waals surface area (Å²) in [5.74, 6) is 0.642. The molecule has 0 saturated carbocycles. The molecule has 0 spiro atoms. The van der Waals surface area contributed by atoms with Crippen LogP contribution >= 0.6 is 0 Å². The summed E-state index contributed by atoms with van der Waals surface area (Å²) in [6.45, 7) is 4.27. The molecular weight excluding hydrogens is 465 g/mol. The fourth-order valence-corrected chi connectivity index (χ4v) is 6.34. The first-order valence-electron chi connectivity index (χ1n) is 12.3. The summed E-state index contributed by atoms with van der Waals surface area (Å²) >= 11 is 0. The number of benzene rings is 3. The van der Waals surface area contributed by atoms with Gasteiger partial charge in [-0.1, -0.05) is 60.7 Å². The molecule has 3 aromatic carbocycles. The summed E-state index contributed by atoms with van der Waals surface area (Å²) < 4.78 is 48.6. The van der Waals surface area contributed by atoms with Crippen LogP contribution in [-0.2, 0) is 0 Å². The highest BCUT2D eigenvalue weighted by atomic mass is 19.4. The molecule has 3 fully saturated rings. The van der Waals surface area contributed by atoms with Gasteiger partial charge in [-0.3, -0.25) is 4.90 Å². The second-order valence-electron chi connectivity index (χ2n) is 9.84. The number of halogens is 3. The third kappa shape index (κ3) is 4.64. The molecule has 2 atom stereocenters. The quantitative estimate of drug-likeness (QED) is 0.395. The SMILES string of the molecule is COc1ccc(OC(F)(F)F)cc1NC1C2CCN(CC2)C1(C)C(c1ccccc1)c1ccccc1. The molecule has 0 aliphatic carbocycles. The Morgan fingerprint density at radius 2 is 1.50 bits per heavy atom. The van der Waals surface area contributed by atoms with E-state index in [1.807, 2.05) is 12.1 Å². The van der Waals surface area contributed by atoms with Gasteiger partial charge in [-0.2, -0.15) is 0 Å². The fourth-order valence-electron chi connectivity index (χ4n) is 6.34. The summed E-state index contributed by atoms with van der Waals surface area (Å²) in [5.41, 5.74) is 2.60. The fraction of sp³-hybridized carbons (Fsp3) is 0.379. The Balaban J connectivity index is 1.60. The van der Waals surface area contributed by atoms with Gasteiger partial charge in [0.05, 0.1) is 12.8 Å². The predicted octanol–water partition coefficient (Wildman–Crippen LogP) is 6.69. The average molecular weight is 497 g/mol. The number of alkyl halides is 3. The highest BCUT2D eigenvalue weighted by Crippen LogP contribution is 2.51. The van der Waals surface area contributed by atoms with Crippen molar-refractivity contribution in [3.63, 3.8) is 0 Å². The number of hydrogen-bond donors (Lipinski definition) is 1. The first-order chi connectivity index (χ1) is 17.3. The summed E-state index contributed by atoms with van der Waals surface area (Å²) in [7, 11) is 1.53. The smallest absolute Gasteiger partial charge is 0.495 e. The zero-order valence-electron chi connectivity index (χ0n) is 20.5. The normalized spacial score (nSPS) is 25.6. The van der Waals surface area contributed by atoms with E-state index in [1.165, 1.54) is 36.4 Å². The van der Waals surface area contributed by atoms with Crippen LogP contribution in [0.3, 0.4) is 0 Å². The van der Waals surface area contributed by atoms with E-state index in [2.05, 4.69) is 70.4 Å². The molecule has 190 valence electrons. The number of hydrogen-bond acceptors (Lipinski definition) is 4. The van der Waals surface area contributed by atoms with Crippen molar-refractivity contribution >= 4 is 5.69 Å². The first-order valence-corrected chi connectivity index (χ1v) is 12.3. The Hall–Kier alpha value is -3.19. The molecule has 0 aromatic heterocycles. The zero-order chi connectivity index (χ0) is 25.3. The summed E-state index contributed by atoms with van der Waals surface area (Å²) in [6.07, 6.45) is -2.70. The van der Waals surface area contributed by atoms with Gasteiger partial charge in [-0.05, 0) is 62.0 Å². The van der Waals surface area contributed by atoms with E-state index in [9.17, 15) is 13.2 Å². The largest absolute Gasteiger partial charge is 0.573 e. The minimum atomic E-state index is -4.76. The van der Waals surface area contributed by atoms with Crippen molar-refractivity contribution in [1.29, 1.82) is 0 Å². The number of anilines is 1. The van der Waals surface area contributed by atoms with Gasteiger partial charge in [0, 0.05) is 23.6 Å². The highest BCUT2D eigenvalue weighted by molar-refractivity contribution is 5.61. The molecule has 6 rings (SSSR count). The third-order valence-electron chi connectivity index (χ3n) is 7.89. The summed E-state index contributed by atoms with van der Waals surface area (Å²) in [6, 6.07) is 25.1. The molecule has 2 bridgehead atoms. The topological polar surface area (TPSA) is 33.7 Å². The monoisotopic (exact) mass is 496 g/mol. The van der Waals surface area contributed by atoms with E-state index < -0.39 is 6.36 Å². The molecule has 3 heterocycles. The number of nitrogens with one attached hydrogen (secondary N) is 1. The van der Waals surface area contributed by atoms with E-state index in [1.54, 1.807) is 0 Å². The van der Waals surface area contributed by atoms with Crippen LogP contribution in [0.2, 0.25) is 0 Å². The van der Waals surface area contributed by atoms with E-state index in [4.69, 9.17) is 4.74 Å². The van der Waals surface area contributed by atoms with Crippen molar-refractivity contribution in [1.82, 2.24) is 4.90 Å². The first kappa shape index (κ1) is 24.5. The Morgan fingerprint density at radius 3 is 2.03 bits per heavy atom. The van der Waals surface area contributed by atoms with Gasteiger partial charge >= 0.3 is 6.36 Å². The van der Waals surface area contributed by atoms with Gasteiger partial charge in [0.15, 0.2) is 0 Å². The standard InChI is InChI=1S/C29H31F3N2O2/c1-28(26(20-9-5-3-6-10-20)21-11-7-4-8-12-21)27(22-15-17-34(28)18-16-22)33-24-19-23(36-29(30,31)32)13-14-25(24)35-2/h3-14,19,22,26-27,33H,15-18H2,1-2H3. The Kier molecular flexibility index (Phi) is 6.60. The molecule has 0 amide bonds. The van der Waals surface area contributed by atoms with Crippen molar-refractivity contribution < 1.29 is 22.6 Å². The molecule has 1 N–H and O–H groups in total. The number of rotatable bonds is 7. The van der Waals surface area contributed by atoms with Crippen molar-refractivity contribution in [2.45, 2.75) is 43.6 Å². The lowest BCUT2D eigenvalue weighted by molar-refractivity contribution is -0.274. The Bertz CT molecular complexity index is 1120. The molecular formula is C29H31F3N2O2. The van der Waals surface area contributed by atoms with Crippen LogP contribution in [0.5, 0.6) is 11.5 Å². The lowest BCUT2D eigenvalue weighted by Crippen LogP contribution is -2.70. The minimum Gasteiger partial charge on any atom is -0.495 e. The van der Waals surface area contributed by atoms with Gasteiger partial charge in [-0.25, -0.2) is 0 Å². The highest BCUT2D eigenvalue weighted by Gasteiger charge is 2.55. The Morgan fingerprint density at radius 1 is 0.917 bits per heavy atom. The van der Waals surface area contributed by atoms with E-state index >= 15 is 0 Å². The van der Waals surface area contributed by atoms with Gasteiger partial charge in [-0.15, -0.1) is 13.2 Å². The number of ether oxygens (including phenoxy) is 2. The predicted molar refractivity (Wildman–Crippen MR) is 135 cm³/mol. The average Bonchev–Trinajstić information content (AvgIpc) is 2.87.